The molecule has 0 saturated carbocycles. The highest BCUT2D eigenvalue weighted by Gasteiger charge is 2.35. The standard InChI is InChI=1S/C35H36Cl2FN3O4S/c1-3-4-20-39-35(43)33(21-26-8-6-5-7-9-26)40(23-27-12-13-28(36)22-32(27)37)34(42)24-41(30-16-10-25(2)11-17-30)46(44,45)31-18-14-29(38)15-19-31/h5-19,22,33H,3-4,20-21,23-24H2,1-2H3,(H,39,43). The van der Waals surface area contributed by atoms with Crippen LogP contribution in [0.2, 0.25) is 10.0 Å². The normalized spacial score (nSPS) is 11.9. The number of carbonyl (C=O) groups is 2. The number of halogens is 3. The molecule has 4 aromatic carbocycles. The van der Waals surface area contributed by atoms with E-state index >= 15 is 0 Å². The first kappa shape index (κ1) is 34.9. The van der Waals surface area contributed by atoms with Gasteiger partial charge in [-0.1, -0.05) is 90.6 Å². The Bertz CT molecular complexity index is 1740. The molecular weight excluding hydrogens is 648 g/mol. The molecule has 0 aliphatic carbocycles. The Morgan fingerprint density at radius 2 is 1.59 bits per heavy atom. The lowest BCUT2D eigenvalue weighted by molar-refractivity contribution is -0.140. The molecule has 1 unspecified atom stereocenters. The zero-order chi connectivity index (χ0) is 33.3. The maximum Gasteiger partial charge on any atom is 0.264 e. The third-order valence-corrected chi connectivity index (χ3v) is 9.83. The fraction of sp³-hybridized carbons (Fsp3) is 0.257. The van der Waals surface area contributed by atoms with Crippen LogP contribution in [0.4, 0.5) is 10.1 Å². The minimum atomic E-state index is -4.35. The Labute approximate surface area is 280 Å². The van der Waals surface area contributed by atoms with E-state index in [1.54, 1.807) is 42.5 Å². The summed E-state index contributed by atoms with van der Waals surface area (Å²) in [4.78, 5) is 29.5. The zero-order valence-electron chi connectivity index (χ0n) is 25.6. The zero-order valence-corrected chi connectivity index (χ0v) is 28.0. The van der Waals surface area contributed by atoms with E-state index in [9.17, 15) is 22.4 Å². The summed E-state index contributed by atoms with van der Waals surface area (Å²) in [5.41, 5.74) is 2.47. The van der Waals surface area contributed by atoms with Gasteiger partial charge < -0.3 is 10.2 Å². The molecule has 0 bridgehead atoms. The number of hydrogen-bond donors (Lipinski definition) is 1. The maximum absolute atomic E-state index is 14.5. The van der Waals surface area contributed by atoms with E-state index in [2.05, 4.69) is 5.32 Å². The Morgan fingerprint density at radius 3 is 2.22 bits per heavy atom. The van der Waals surface area contributed by atoms with Crippen LogP contribution in [-0.2, 0) is 32.6 Å². The predicted octanol–water partition coefficient (Wildman–Crippen LogP) is 7.19. The van der Waals surface area contributed by atoms with Crippen molar-refractivity contribution in [3.8, 4) is 0 Å². The molecule has 4 rings (SSSR count). The molecule has 0 fully saturated rings. The van der Waals surface area contributed by atoms with Gasteiger partial charge in [0.05, 0.1) is 10.6 Å². The molecule has 0 heterocycles. The maximum atomic E-state index is 14.5. The van der Waals surface area contributed by atoms with Gasteiger partial charge in [-0.05, 0) is 73.0 Å². The van der Waals surface area contributed by atoms with Gasteiger partial charge in [0.25, 0.3) is 10.0 Å². The Hall–Kier alpha value is -3.92. The number of nitrogens with one attached hydrogen (secondary N) is 1. The summed E-state index contributed by atoms with van der Waals surface area (Å²) < 4.78 is 42.8. The van der Waals surface area contributed by atoms with Crippen LogP contribution < -0.4 is 9.62 Å². The number of sulfonamides is 1. The number of hydrogen-bond acceptors (Lipinski definition) is 4. The Balaban J connectivity index is 1.80. The van der Waals surface area contributed by atoms with Gasteiger partial charge in [-0.25, -0.2) is 12.8 Å². The number of unbranched alkanes of at least 4 members (excludes halogenated alkanes) is 1. The first-order valence-corrected chi connectivity index (χ1v) is 17.1. The van der Waals surface area contributed by atoms with Crippen LogP contribution in [0, 0.1) is 12.7 Å². The topological polar surface area (TPSA) is 86.8 Å². The SMILES string of the molecule is CCCCNC(=O)C(Cc1ccccc1)N(Cc1ccc(Cl)cc1Cl)C(=O)CN(c1ccc(C)cc1)S(=O)(=O)c1ccc(F)cc1. The van der Waals surface area contributed by atoms with E-state index in [0.717, 1.165) is 52.5 Å². The Morgan fingerprint density at radius 1 is 0.913 bits per heavy atom. The molecule has 11 heteroatoms. The summed E-state index contributed by atoms with van der Waals surface area (Å²) in [5, 5.41) is 3.65. The van der Waals surface area contributed by atoms with Crippen molar-refractivity contribution in [3.63, 3.8) is 0 Å². The number of amides is 2. The molecule has 242 valence electrons. The molecule has 0 spiro atoms. The van der Waals surface area contributed by atoms with Gasteiger partial charge in [0.15, 0.2) is 0 Å². The van der Waals surface area contributed by atoms with Gasteiger partial charge >= 0.3 is 0 Å². The summed E-state index contributed by atoms with van der Waals surface area (Å²) in [6.07, 6.45) is 1.78. The van der Waals surface area contributed by atoms with Crippen molar-refractivity contribution in [1.29, 1.82) is 0 Å². The van der Waals surface area contributed by atoms with Crippen molar-refractivity contribution in [2.75, 3.05) is 17.4 Å². The van der Waals surface area contributed by atoms with Gasteiger partial charge in [0, 0.05) is 29.6 Å². The fourth-order valence-corrected chi connectivity index (χ4v) is 6.75. The number of benzene rings is 4. The molecule has 2 amide bonds. The van der Waals surface area contributed by atoms with Crippen LogP contribution in [0.5, 0.6) is 0 Å². The third-order valence-electron chi connectivity index (χ3n) is 7.46. The summed E-state index contributed by atoms with van der Waals surface area (Å²) in [7, 11) is -4.35. The number of carbonyl (C=O) groups excluding carboxylic acids is 2. The minimum absolute atomic E-state index is 0.0914. The van der Waals surface area contributed by atoms with E-state index < -0.39 is 34.3 Å². The molecule has 0 aliphatic heterocycles. The summed E-state index contributed by atoms with van der Waals surface area (Å²) >= 11 is 12.7. The molecular formula is C35H36Cl2FN3O4S. The minimum Gasteiger partial charge on any atom is -0.354 e. The molecule has 1 atom stereocenters. The highest BCUT2D eigenvalue weighted by atomic mass is 35.5. The molecule has 1 N–H and O–H groups in total. The summed E-state index contributed by atoms with van der Waals surface area (Å²) in [6, 6.07) is 24.2. The number of anilines is 1. The van der Waals surface area contributed by atoms with Crippen LogP contribution >= 0.6 is 23.2 Å². The molecule has 0 saturated heterocycles. The molecule has 0 radical (unpaired) electrons. The average Bonchev–Trinajstić information content (AvgIpc) is 3.03. The van der Waals surface area contributed by atoms with Crippen LogP contribution in [0.1, 0.15) is 36.5 Å². The van der Waals surface area contributed by atoms with Gasteiger partial charge in [0.1, 0.15) is 18.4 Å². The van der Waals surface area contributed by atoms with Crippen molar-refractivity contribution >= 4 is 50.7 Å². The van der Waals surface area contributed by atoms with Crippen molar-refractivity contribution in [3.05, 3.63) is 130 Å². The van der Waals surface area contributed by atoms with Gasteiger partial charge in [-0.2, -0.15) is 0 Å². The predicted molar refractivity (Wildman–Crippen MR) is 181 cm³/mol. The van der Waals surface area contributed by atoms with Gasteiger partial charge in [0.2, 0.25) is 11.8 Å². The quantitative estimate of drug-likeness (QED) is 0.143. The van der Waals surface area contributed by atoms with E-state index in [4.69, 9.17) is 23.2 Å². The van der Waals surface area contributed by atoms with Crippen molar-refractivity contribution in [2.45, 2.75) is 50.6 Å². The van der Waals surface area contributed by atoms with E-state index in [0.29, 0.717) is 22.2 Å². The highest BCUT2D eigenvalue weighted by molar-refractivity contribution is 7.92. The lowest BCUT2D eigenvalue weighted by Crippen LogP contribution is -2.53. The van der Waals surface area contributed by atoms with Crippen LogP contribution in [-0.4, -0.2) is 44.3 Å². The second-order valence-corrected chi connectivity index (χ2v) is 13.6. The van der Waals surface area contributed by atoms with Crippen molar-refractivity contribution < 1.29 is 22.4 Å². The molecule has 0 aliphatic rings. The first-order valence-electron chi connectivity index (χ1n) is 14.9. The van der Waals surface area contributed by atoms with Crippen molar-refractivity contribution in [1.82, 2.24) is 10.2 Å². The van der Waals surface area contributed by atoms with Gasteiger partial charge in [-0.3, -0.25) is 13.9 Å². The highest BCUT2D eigenvalue weighted by Crippen LogP contribution is 2.27. The van der Waals surface area contributed by atoms with E-state index in [1.165, 1.54) is 4.90 Å². The third kappa shape index (κ3) is 9.09. The van der Waals surface area contributed by atoms with Crippen LogP contribution in [0.25, 0.3) is 0 Å². The number of aryl methyl sites for hydroxylation is 1. The molecule has 7 nitrogen and oxygen atoms in total. The lowest BCUT2D eigenvalue weighted by Gasteiger charge is -2.34. The molecule has 46 heavy (non-hydrogen) atoms. The van der Waals surface area contributed by atoms with Crippen LogP contribution in [0.3, 0.4) is 0 Å². The number of nitrogens with zero attached hydrogens (tertiary/aromatic N) is 2. The Kier molecular flexibility index (Phi) is 12.2. The van der Waals surface area contributed by atoms with Crippen molar-refractivity contribution in [2.24, 2.45) is 0 Å². The summed E-state index contributed by atoms with van der Waals surface area (Å²) in [5.74, 6) is -1.61. The smallest absolute Gasteiger partial charge is 0.264 e. The largest absolute Gasteiger partial charge is 0.354 e. The average molecular weight is 685 g/mol. The molecule has 4 aromatic rings. The van der Waals surface area contributed by atoms with Gasteiger partial charge in [-0.15, -0.1) is 0 Å². The lowest BCUT2D eigenvalue weighted by atomic mass is 10.0. The first-order chi connectivity index (χ1) is 22.0. The van der Waals surface area contributed by atoms with Crippen LogP contribution in [0.15, 0.2) is 102 Å². The van der Waals surface area contributed by atoms with E-state index in [1.807, 2.05) is 44.2 Å². The molecule has 0 aromatic heterocycles. The second kappa shape index (κ2) is 16.1. The van der Waals surface area contributed by atoms with E-state index in [-0.39, 0.29) is 29.5 Å². The summed E-state index contributed by atoms with van der Waals surface area (Å²) in [6.45, 7) is 3.55. The fourth-order valence-electron chi connectivity index (χ4n) is 4.87. The number of rotatable bonds is 14. The second-order valence-electron chi connectivity index (χ2n) is 10.9. The monoisotopic (exact) mass is 683 g/mol.